The Morgan fingerprint density at radius 3 is 2.72 bits per heavy atom. The summed E-state index contributed by atoms with van der Waals surface area (Å²) in [4.78, 5) is 32.7. The Hall–Kier alpha value is -3.43. The molecule has 162 valence electrons. The van der Waals surface area contributed by atoms with Crippen LogP contribution >= 0.6 is 24.0 Å². The summed E-state index contributed by atoms with van der Waals surface area (Å²) in [6, 6.07) is 12.8. The van der Waals surface area contributed by atoms with Gasteiger partial charge in [-0.3, -0.25) is 18.9 Å². The number of rotatable bonds is 7. The molecule has 1 amide bonds. The lowest BCUT2D eigenvalue weighted by molar-refractivity contribution is -0.122. The highest BCUT2D eigenvalue weighted by molar-refractivity contribution is 8.26. The number of carbonyl (C=O) groups is 1. The van der Waals surface area contributed by atoms with Gasteiger partial charge in [0.15, 0.2) is 0 Å². The number of nitrogens with zero attached hydrogens (tertiary/aromatic N) is 3. The van der Waals surface area contributed by atoms with Crippen molar-refractivity contribution >= 4 is 51.7 Å². The second-order valence-electron chi connectivity index (χ2n) is 6.89. The molecule has 3 heterocycles. The molecule has 0 bridgehead atoms. The zero-order valence-electron chi connectivity index (χ0n) is 17.3. The molecule has 0 aliphatic carbocycles. The van der Waals surface area contributed by atoms with E-state index in [2.05, 4.69) is 16.9 Å². The van der Waals surface area contributed by atoms with Gasteiger partial charge in [0.1, 0.15) is 21.5 Å². The SMILES string of the molecule is C=CCNc1nc2ccccn2c(=O)c1C=C1SC(=S)N(Cc2ccc(OC)cc2)C1=O. The van der Waals surface area contributed by atoms with Crippen LogP contribution in [0.5, 0.6) is 5.75 Å². The summed E-state index contributed by atoms with van der Waals surface area (Å²) < 4.78 is 7.06. The zero-order chi connectivity index (χ0) is 22.7. The number of aromatic nitrogens is 2. The second-order valence-corrected chi connectivity index (χ2v) is 8.57. The Labute approximate surface area is 194 Å². The van der Waals surface area contributed by atoms with Crippen LogP contribution in [0.1, 0.15) is 11.1 Å². The number of thioether (sulfide) groups is 1. The summed E-state index contributed by atoms with van der Waals surface area (Å²) in [5.41, 5.74) is 1.44. The number of nitrogens with one attached hydrogen (secondary N) is 1. The first-order valence-corrected chi connectivity index (χ1v) is 11.0. The van der Waals surface area contributed by atoms with Gasteiger partial charge in [0.05, 0.1) is 24.1 Å². The lowest BCUT2D eigenvalue weighted by Gasteiger charge is -2.14. The molecule has 2 aromatic heterocycles. The maximum absolute atomic E-state index is 13.2. The molecule has 32 heavy (non-hydrogen) atoms. The van der Waals surface area contributed by atoms with Gasteiger partial charge in [0.2, 0.25) is 0 Å². The monoisotopic (exact) mass is 464 g/mol. The van der Waals surface area contributed by atoms with E-state index in [1.807, 2.05) is 30.3 Å². The van der Waals surface area contributed by atoms with E-state index in [1.165, 1.54) is 21.1 Å². The fourth-order valence-electron chi connectivity index (χ4n) is 3.22. The van der Waals surface area contributed by atoms with Crippen molar-refractivity contribution in [2.45, 2.75) is 6.54 Å². The first-order valence-electron chi connectivity index (χ1n) is 9.76. The minimum absolute atomic E-state index is 0.247. The molecule has 1 aromatic carbocycles. The number of fused-ring (bicyclic) bond motifs is 1. The largest absolute Gasteiger partial charge is 0.497 e. The number of hydrogen-bond donors (Lipinski definition) is 1. The van der Waals surface area contributed by atoms with E-state index in [0.717, 1.165) is 11.3 Å². The molecule has 1 aliphatic heterocycles. The molecule has 3 aromatic rings. The number of hydrogen-bond acceptors (Lipinski definition) is 7. The topological polar surface area (TPSA) is 75.9 Å². The third-order valence-electron chi connectivity index (χ3n) is 4.83. The molecule has 0 spiro atoms. The van der Waals surface area contributed by atoms with Crippen LogP contribution in [0.15, 0.2) is 71.0 Å². The number of pyridine rings is 1. The average Bonchev–Trinajstić information content (AvgIpc) is 3.07. The lowest BCUT2D eigenvalue weighted by Crippen LogP contribution is -2.27. The standard InChI is InChI=1S/C23H20N4O3S2/c1-3-11-24-20-17(21(28)26-12-5-4-6-19(26)25-20)13-18-22(29)27(23(31)32-18)14-15-7-9-16(30-2)10-8-15/h3-10,12-13,24H,1,11,14H2,2H3. The average molecular weight is 465 g/mol. The summed E-state index contributed by atoms with van der Waals surface area (Å²) in [7, 11) is 1.60. The molecule has 4 rings (SSSR count). The first-order chi connectivity index (χ1) is 15.5. The van der Waals surface area contributed by atoms with Crippen molar-refractivity contribution in [3.8, 4) is 5.75 Å². The fraction of sp³-hybridized carbons (Fsp3) is 0.130. The predicted octanol–water partition coefficient (Wildman–Crippen LogP) is 3.70. The Morgan fingerprint density at radius 1 is 1.22 bits per heavy atom. The number of amides is 1. The van der Waals surface area contributed by atoms with Gasteiger partial charge in [0, 0.05) is 12.7 Å². The fourth-order valence-corrected chi connectivity index (χ4v) is 4.45. The summed E-state index contributed by atoms with van der Waals surface area (Å²) in [5, 5.41) is 3.09. The highest BCUT2D eigenvalue weighted by atomic mass is 32.2. The van der Waals surface area contributed by atoms with E-state index in [-0.39, 0.29) is 11.5 Å². The van der Waals surface area contributed by atoms with Crippen molar-refractivity contribution in [1.82, 2.24) is 14.3 Å². The number of benzene rings is 1. The molecule has 1 N–H and O–H groups in total. The summed E-state index contributed by atoms with van der Waals surface area (Å²) in [6.45, 7) is 4.46. The number of methoxy groups -OCH3 is 1. The molecule has 0 radical (unpaired) electrons. The van der Waals surface area contributed by atoms with Gasteiger partial charge in [-0.2, -0.15) is 0 Å². The summed E-state index contributed by atoms with van der Waals surface area (Å²) in [5.74, 6) is 0.882. The van der Waals surface area contributed by atoms with E-state index < -0.39 is 0 Å². The van der Waals surface area contributed by atoms with Crippen LogP contribution in [0.3, 0.4) is 0 Å². The highest BCUT2D eigenvalue weighted by Crippen LogP contribution is 2.34. The van der Waals surface area contributed by atoms with Gasteiger partial charge in [-0.05, 0) is 35.9 Å². The van der Waals surface area contributed by atoms with E-state index in [9.17, 15) is 9.59 Å². The van der Waals surface area contributed by atoms with E-state index in [4.69, 9.17) is 17.0 Å². The first kappa shape index (κ1) is 21.8. The maximum atomic E-state index is 13.2. The third kappa shape index (κ3) is 4.30. The van der Waals surface area contributed by atoms with Gasteiger partial charge >= 0.3 is 0 Å². The maximum Gasteiger partial charge on any atom is 0.267 e. The van der Waals surface area contributed by atoms with Crippen LogP contribution < -0.4 is 15.6 Å². The van der Waals surface area contributed by atoms with Crippen molar-refractivity contribution in [3.05, 3.63) is 87.7 Å². The van der Waals surface area contributed by atoms with Crippen LogP contribution in [0.25, 0.3) is 11.7 Å². The van der Waals surface area contributed by atoms with Gasteiger partial charge in [-0.1, -0.05) is 48.3 Å². The van der Waals surface area contributed by atoms with Crippen molar-refractivity contribution in [3.63, 3.8) is 0 Å². The van der Waals surface area contributed by atoms with Gasteiger partial charge in [-0.25, -0.2) is 4.98 Å². The number of ether oxygens (including phenoxy) is 1. The van der Waals surface area contributed by atoms with E-state index >= 15 is 0 Å². The second kappa shape index (κ2) is 9.37. The molecule has 1 aliphatic rings. The van der Waals surface area contributed by atoms with Gasteiger partial charge < -0.3 is 10.1 Å². The molecule has 9 heteroatoms. The van der Waals surface area contributed by atoms with Crippen LogP contribution in [0, 0.1) is 0 Å². The van der Waals surface area contributed by atoms with Gasteiger partial charge in [-0.15, -0.1) is 6.58 Å². The van der Waals surface area contributed by atoms with Crippen molar-refractivity contribution in [2.75, 3.05) is 19.0 Å². The van der Waals surface area contributed by atoms with Crippen molar-refractivity contribution in [1.29, 1.82) is 0 Å². The molecule has 1 saturated heterocycles. The molecule has 0 atom stereocenters. The quantitative estimate of drug-likeness (QED) is 0.325. The number of thiocarbonyl (C=S) groups is 1. The Kier molecular flexibility index (Phi) is 6.38. The summed E-state index contributed by atoms with van der Waals surface area (Å²) in [6.07, 6.45) is 4.88. The van der Waals surface area contributed by atoms with Crippen LogP contribution in [-0.4, -0.2) is 38.2 Å². The van der Waals surface area contributed by atoms with Crippen molar-refractivity contribution < 1.29 is 9.53 Å². The Morgan fingerprint density at radius 2 is 2.00 bits per heavy atom. The van der Waals surface area contributed by atoms with E-state index in [1.54, 1.807) is 37.6 Å². The molecule has 7 nitrogen and oxygen atoms in total. The normalized spacial score (nSPS) is 14.9. The Balaban J connectivity index is 1.69. The minimum Gasteiger partial charge on any atom is -0.497 e. The molecule has 1 fully saturated rings. The molecular formula is C23H20N4O3S2. The van der Waals surface area contributed by atoms with Gasteiger partial charge in [0.25, 0.3) is 11.5 Å². The summed E-state index contributed by atoms with van der Waals surface area (Å²) >= 11 is 6.62. The molecule has 0 saturated carbocycles. The molecule has 0 unspecified atom stereocenters. The van der Waals surface area contributed by atoms with Crippen LogP contribution in [-0.2, 0) is 11.3 Å². The minimum atomic E-state index is -0.275. The van der Waals surface area contributed by atoms with Crippen LogP contribution in [0.2, 0.25) is 0 Å². The van der Waals surface area contributed by atoms with Crippen molar-refractivity contribution in [2.24, 2.45) is 0 Å². The van der Waals surface area contributed by atoms with Crippen LogP contribution in [0.4, 0.5) is 5.82 Å². The zero-order valence-corrected chi connectivity index (χ0v) is 18.9. The highest BCUT2D eigenvalue weighted by Gasteiger charge is 2.32. The lowest BCUT2D eigenvalue weighted by atomic mass is 10.2. The smallest absolute Gasteiger partial charge is 0.267 e. The van der Waals surface area contributed by atoms with E-state index in [0.29, 0.717) is 39.3 Å². The number of anilines is 1. The Bertz CT molecular complexity index is 1300. The molecular weight excluding hydrogens is 444 g/mol. The number of carbonyl (C=O) groups excluding carboxylic acids is 1. The third-order valence-corrected chi connectivity index (χ3v) is 6.21. The predicted molar refractivity (Wildman–Crippen MR) is 132 cm³/mol.